The highest BCUT2D eigenvalue weighted by Gasteiger charge is 2.42. The molecule has 156 valence electrons. The van der Waals surface area contributed by atoms with Crippen LogP contribution >= 0.6 is 0 Å². The highest BCUT2D eigenvalue weighted by Crippen LogP contribution is 2.38. The third-order valence-electron chi connectivity index (χ3n) is 5.53. The van der Waals surface area contributed by atoms with Crippen LogP contribution < -0.4 is 10.6 Å². The summed E-state index contributed by atoms with van der Waals surface area (Å²) in [5.41, 5.74) is 2.61. The topological polar surface area (TPSA) is 82.8 Å². The van der Waals surface area contributed by atoms with Crippen LogP contribution in [0.25, 0.3) is 11.5 Å². The number of aliphatic imine (C=N–C) groups is 1. The fraction of sp³-hybridized carbons (Fsp3) is 0.500. The molecule has 1 aliphatic rings. The van der Waals surface area contributed by atoms with E-state index in [1.54, 1.807) is 18.2 Å². The van der Waals surface area contributed by atoms with Gasteiger partial charge in [0.15, 0.2) is 5.96 Å². The molecule has 0 saturated heterocycles. The minimum absolute atomic E-state index is 0.192. The van der Waals surface area contributed by atoms with Crippen LogP contribution in [0.3, 0.4) is 0 Å². The first-order chi connectivity index (χ1) is 13.9. The van der Waals surface area contributed by atoms with Gasteiger partial charge in [-0.15, -0.1) is 0 Å². The fourth-order valence-electron chi connectivity index (χ4n) is 3.86. The van der Waals surface area contributed by atoms with Crippen LogP contribution in [0.5, 0.6) is 0 Å². The maximum Gasteiger partial charge on any atom is 0.230 e. The van der Waals surface area contributed by atoms with Crippen molar-refractivity contribution in [3.05, 3.63) is 41.8 Å². The Bertz CT molecular complexity index is 848. The van der Waals surface area contributed by atoms with Crippen LogP contribution in [0, 0.1) is 12.3 Å². The lowest BCUT2D eigenvalue weighted by Gasteiger charge is -2.31. The summed E-state index contributed by atoms with van der Waals surface area (Å²) in [6, 6.07) is 8.08. The fourth-order valence-corrected chi connectivity index (χ4v) is 3.86. The average molecular weight is 398 g/mol. The smallest absolute Gasteiger partial charge is 0.230 e. The van der Waals surface area contributed by atoms with Crippen molar-refractivity contribution in [2.75, 3.05) is 27.7 Å². The highest BCUT2D eigenvalue weighted by molar-refractivity contribution is 5.85. The molecule has 0 aliphatic heterocycles. The summed E-state index contributed by atoms with van der Waals surface area (Å²) in [6.07, 6.45) is 5.67. The Morgan fingerprint density at radius 1 is 1.21 bits per heavy atom. The quantitative estimate of drug-likeness (QED) is 0.578. The summed E-state index contributed by atoms with van der Waals surface area (Å²) < 4.78 is 5.61. The van der Waals surface area contributed by atoms with Gasteiger partial charge in [-0.3, -0.25) is 9.79 Å². The van der Waals surface area contributed by atoms with E-state index >= 15 is 0 Å². The Morgan fingerprint density at radius 2 is 1.90 bits per heavy atom. The maximum atomic E-state index is 12.7. The molecule has 1 heterocycles. The Balaban J connectivity index is 1.57. The molecule has 0 spiro atoms. The molecule has 2 N–H and O–H groups in total. The summed E-state index contributed by atoms with van der Waals surface area (Å²) in [7, 11) is 5.38. The van der Waals surface area contributed by atoms with E-state index in [9.17, 15) is 4.79 Å². The summed E-state index contributed by atoms with van der Waals surface area (Å²) in [5.74, 6) is 1.45. The van der Waals surface area contributed by atoms with Crippen LogP contribution in [-0.4, -0.2) is 49.4 Å². The van der Waals surface area contributed by atoms with Crippen molar-refractivity contribution < 1.29 is 9.21 Å². The van der Waals surface area contributed by atoms with E-state index in [1.165, 1.54) is 5.56 Å². The average Bonchev–Trinajstić information content (AvgIpc) is 3.38. The number of benzene rings is 1. The second-order valence-corrected chi connectivity index (χ2v) is 7.98. The van der Waals surface area contributed by atoms with Crippen LogP contribution in [-0.2, 0) is 11.3 Å². The normalized spacial score (nSPS) is 15.9. The summed E-state index contributed by atoms with van der Waals surface area (Å²) >= 11 is 0. The Morgan fingerprint density at radius 3 is 2.52 bits per heavy atom. The van der Waals surface area contributed by atoms with Gasteiger partial charge in [0.05, 0.1) is 17.7 Å². The molecule has 1 aromatic heterocycles. The molecule has 3 rings (SSSR count). The Hall–Kier alpha value is -2.83. The van der Waals surface area contributed by atoms with Gasteiger partial charge >= 0.3 is 0 Å². The number of guanidine groups is 1. The molecule has 1 aliphatic carbocycles. The van der Waals surface area contributed by atoms with Crippen LogP contribution in [0.2, 0.25) is 0 Å². The van der Waals surface area contributed by atoms with Crippen LogP contribution in [0.1, 0.15) is 36.9 Å². The van der Waals surface area contributed by atoms with E-state index in [1.807, 2.05) is 38.4 Å². The minimum atomic E-state index is -0.340. The van der Waals surface area contributed by atoms with E-state index in [2.05, 4.69) is 27.5 Å². The Kier molecular flexibility index (Phi) is 6.56. The summed E-state index contributed by atoms with van der Waals surface area (Å²) in [4.78, 5) is 23.2. The van der Waals surface area contributed by atoms with Gasteiger partial charge in [0.1, 0.15) is 6.26 Å². The number of nitrogens with zero attached hydrogens (tertiary/aromatic N) is 3. The number of amides is 1. The molecule has 0 atom stereocenters. The molecular weight excluding hydrogens is 366 g/mol. The first kappa shape index (κ1) is 20.9. The largest absolute Gasteiger partial charge is 0.444 e. The molecule has 1 saturated carbocycles. The lowest BCUT2D eigenvalue weighted by molar-refractivity contribution is -0.138. The lowest BCUT2D eigenvalue weighted by Crippen LogP contribution is -2.49. The van der Waals surface area contributed by atoms with Crippen molar-refractivity contribution in [2.24, 2.45) is 10.4 Å². The van der Waals surface area contributed by atoms with E-state index in [0.717, 1.165) is 36.9 Å². The lowest BCUT2D eigenvalue weighted by atomic mass is 9.84. The van der Waals surface area contributed by atoms with Crippen molar-refractivity contribution >= 4 is 11.9 Å². The molecule has 1 fully saturated rings. The number of rotatable bonds is 6. The number of aryl methyl sites for hydroxylation is 1. The first-order valence-electron chi connectivity index (χ1n) is 10.1. The maximum absolute atomic E-state index is 12.7. The molecule has 7 nitrogen and oxygen atoms in total. The van der Waals surface area contributed by atoms with E-state index in [0.29, 0.717) is 24.9 Å². The zero-order valence-electron chi connectivity index (χ0n) is 17.8. The molecule has 1 amide bonds. The Labute approximate surface area is 172 Å². The van der Waals surface area contributed by atoms with E-state index in [4.69, 9.17) is 4.42 Å². The number of hydrogen-bond acceptors (Lipinski definition) is 4. The third kappa shape index (κ3) is 4.96. The minimum Gasteiger partial charge on any atom is -0.444 e. The molecule has 2 aromatic rings. The standard InChI is InChI=1S/C22H31N5O2/c1-16-7-9-17(10-8-16)19-26-18(14-29-19)13-24-21(23-2)25-15-22(11-5-6-12-22)20(28)27(3)4/h7-10,14H,5-6,11-13,15H2,1-4H3,(H2,23,24,25). The van der Waals surface area contributed by atoms with Crippen molar-refractivity contribution in [2.45, 2.75) is 39.2 Å². The highest BCUT2D eigenvalue weighted by atomic mass is 16.3. The molecule has 1 aromatic carbocycles. The number of nitrogens with one attached hydrogen (secondary N) is 2. The van der Waals surface area contributed by atoms with Crippen LogP contribution in [0.15, 0.2) is 39.9 Å². The predicted molar refractivity (Wildman–Crippen MR) is 114 cm³/mol. The number of carbonyl (C=O) groups excluding carboxylic acids is 1. The van der Waals surface area contributed by atoms with Gasteiger partial charge in [-0.05, 0) is 31.9 Å². The van der Waals surface area contributed by atoms with Gasteiger partial charge in [0, 0.05) is 33.3 Å². The molecular formula is C22H31N5O2. The van der Waals surface area contributed by atoms with Gasteiger partial charge < -0.3 is 20.0 Å². The van der Waals surface area contributed by atoms with Gasteiger partial charge in [0.2, 0.25) is 11.8 Å². The molecule has 0 unspecified atom stereocenters. The summed E-state index contributed by atoms with van der Waals surface area (Å²) in [5, 5.41) is 6.60. The van der Waals surface area contributed by atoms with Gasteiger partial charge in [0.25, 0.3) is 0 Å². The third-order valence-corrected chi connectivity index (χ3v) is 5.53. The SMILES string of the molecule is CN=C(NCc1coc(-c2ccc(C)cc2)n1)NCC1(C(=O)N(C)C)CCCC1. The molecule has 0 radical (unpaired) electrons. The molecule has 29 heavy (non-hydrogen) atoms. The second-order valence-electron chi connectivity index (χ2n) is 7.98. The zero-order chi connectivity index (χ0) is 20.9. The van der Waals surface area contributed by atoms with Crippen molar-refractivity contribution in [1.82, 2.24) is 20.5 Å². The predicted octanol–water partition coefficient (Wildman–Crippen LogP) is 2.96. The number of aromatic nitrogens is 1. The molecule has 0 bridgehead atoms. The van der Waals surface area contributed by atoms with Gasteiger partial charge in [-0.2, -0.15) is 0 Å². The molecule has 7 heteroatoms. The van der Waals surface area contributed by atoms with E-state index < -0.39 is 0 Å². The zero-order valence-corrected chi connectivity index (χ0v) is 17.8. The monoisotopic (exact) mass is 397 g/mol. The van der Waals surface area contributed by atoms with Crippen molar-refractivity contribution in [1.29, 1.82) is 0 Å². The number of hydrogen-bond donors (Lipinski definition) is 2. The number of carbonyl (C=O) groups is 1. The van der Waals surface area contributed by atoms with Gasteiger partial charge in [-0.25, -0.2) is 4.98 Å². The van der Waals surface area contributed by atoms with Crippen molar-refractivity contribution in [3.63, 3.8) is 0 Å². The van der Waals surface area contributed by atoms with E-state index in [-0.39, 0.29) is 11.3 Å². The number of oxazole rings is 1. The first-order valence-corrected chi connectivity index (χ1v) is 10.1. The van der Waals surface area contributed by atoms with Crippen molar-refractivity contribution in [3.8, 4) is 11.5 Å². The van der Waals surface area contributed by atoms with Gasteiger partial charge in [-0.1, -0.05) is 30.5 Å². The second kappa shape index (κ2) is 9.11. The van der Waals surface area contributed by atoms with Crippen LogP contribution in [0.4, 0.5) is 0 Å². The summed E-state index contributed by atoms with van der Waals surface area (Å²) in [6.45, 7) is 3.12.